The molecule has 0 aliphatic carbocycles. The van der Waals surface area contributed by atoms with Crippen LogP contribution in [-0.4, -0.2) is 61.2 Å². The lowest BCUT2D eigenvalue weighted by atomic mass is 10.2. The average Bonchev–Trinajstić information content (AvgIpc) is 2.59. The zero-order chi connectivity index (χ0) is 17.5. The SMILES string of the molecule is Cc1ccc(OCC(=O)N2CCN(C(=O)OCC(C)C)CC2)cc1. The molecule has 0 N–H and O–H groups in total. The third-order valence-corrected chi connectivity index (χ3v) is 3.81. The van der Waals surface area contributed by atoms with Crippen molar-refractivity contribution in [3.63, 3.8) is 0 Å². The van der Waals surface area contributed by atoms with Crippen LogP contribution in [0.1, 0.15) is 19.4 Å². The number of carbonyl (C=O) groups excluding carboxylic acids is 2. The molecule has 1 heterocycles. The molecule has 0 bridgehead atoms. The Labute approximate surface area is 143 Å². The molecule has 6 heteroatoms. The monoisotopic (exact) mass is 334 g/mol. The minimum atomic E-state index is -0.299. The van der Waals surface area contributed by atoms with E-state index in [1.807, 2.05) is 45.0 Å². The lowest BCUT2D eigenvalue weighted by molar-refractivity contribution is -0.135. The number of aryl methyl sites for hydroxylation is 1. The van der Waals surface area contributed by atoms with Crippen LogP contribution in [-0.2, 0) is 9.53 Å². The Hall–Kier alpha value is -2.24. The first-order chi connectivity index (χ1) is 11.5. The molecule has 0 radical (unpaired) electrons. The molecule has 0 saturated carbocycles. The second kappa shape index (κ2) is 8.57. The zero-order valence-corrected chi connectivity index (χ0v) is 14.7. The van der Waals surface area contributed by atoms with Crippen LogP contribution in [0.2, 0.25) is 0 Å². The molecule has 0 atom stereocenters. The summed E-state index contributed by atoms with van der Waals surface area (Å²) in [7, 11) is 0. The average molecular weight is 334 g/mol. The number of benzene rings is 1. The summed E-state index contributed by atoms with van der Waals surface area (Å²) in [6, 6.07) is 7.60. The Morgan fingerprint density at radius 2 is 1.62 bits per heavy atom. The highest BCUT2D eigenvalue weighted by molar-refractivity contribution is 5.78. The van der Waals surface area contributed by atoms with Gasteiger partial charge in [-0.25, -0.2) is 4.79 Å². The van der Waals surface area contributed by atoms with Gasteiger partial charge < -0.3 is 19.3 Å². The fraction of sp³-hybridized carbons (Fsp3) is 0.556. The van der Waals surface area contributed by atoms with E-state index in [9.17, 15) is 9.59 Å². The smallest absolute Gasteiger partial charge is 0.409 e. The number of piperazine rings is 1. The van der Waals surface area contributed by atoms with E-state index in [1.165, 1.54) is 0 Å². The van der Waals surface area contributed by atoms with Crippen LogP contribution in [0.5, 0.6) is 5.75 Å². The van der Waals surface area contributed by atoms with Gasteiger partial charge in [0.25, 0.3) is 5.91 Å². The predicted octanol–water partition coefficient (Wildman–Crippen LogP) is 2.31. The highest BCUT2D eigenvalue weighted by Crippen LogP contribution is 2.12. The van der Waals surface area contributed by atoms with E-state index in [-0.39, 0.29) is 18.6 Å². The van der Waals surface area contributed by atoms with Crippen molar-refractivity contribution in [1.29, 1.82) is 0 Å². The lowest BCUT2D eigenvalue weighted by Gasteiger charge is -2.34. The van der Waals surface area contributed by atoms with Gasteiger partial charge in [-0.05, 0) is 25.0 Å². The Bertz CT molecular complexity index is 549. The Balaban J connectivity index is 1.72. The highest BCUT2D eigenvalue weighted by atomic mass is 16.6. The van der Waals surface area contributed by atoms with Crippen molar-refractivity contribution in [2.24, 2.45) is 5.92 Å². The molecule has 1 aliphatic rings. The molecule has 132 valence electrons. The van der Waals surface area contributed by atoms with Crippen molar-refractivity contribution in [3.05, 3.63) is 29.8 Å². The summed E-state index contributed by atoms with van der Waals surface area (Å²) >= 11 is 0. The highest BCUT2D eigenvalue weighted by Gasteiger charge is 2.25. The maximum atomic E-state index is 12.2. The first kappa shape index (κ1) is 18.1. The first-order valence-corrected chi connectivity index (χ1v) is 8.34. The van der Waals surface area contributed by atoms with Crippen molar-refractivity contribution in [3.8, 4) is 5.75 Å². The Morgan fingerprint density at radius 1 is 1.04 bits per heavy atom. The lowest BCUT2D eigenvalue weighted by Crippen LogP contribution is -2.51. The van der Waals surface area contributed by atoms with Crippen molar-refractivity contribution < 1.29 is 19.1 Å². The quantitative estimate of drug-likeness (QED) is 0.829. The molecule has 1 aromatic carbocycles. The van der Waals surface area contributed by atoms with Crippen LogP contribution in [0.15, 0.2) is 24.3 Å². The van der Waals surface area contributed by atoms with Gasteiger partial charge >= 0.3 is 6.09 Å². The summed E-state index contributed by atoms with van der Waals surface area (Å²) in [6.07, 6.45) is -0.299. The summed E-state index contributed by atoms with van der Waals surface area (Å²) in [5.74, 6) is 0.936. The first-order valence-electron chi connectivity index (χ1n) is 8.34. The molecular weight excluding hydrogens is 308 g/mol. The van der Waals surface area contributed by atoms with Crippen LogP contribution in [0.4, 0.5) is 4.79 Å². The second-order valence-corrected chi connectivity index (χ2v) is 6.44. The summed E-state index contributed by atoms with van der Waals surface area (Å²) in [4.78, 5) is 27.5. The van der Waals surface area contributed by atoms with Crippen molar-refractivity contribution in [1.82, 2.24) is 9.80 Å². The van der Waals surface area contributed by atoms with Gasteiger partial charge in [0.15, 0.2) is 6.61 Å². The fourth-order valence-corrected chi connectivity index (χ4v) is 2.34. The van der Waals surface area contributed by atoms with E-state index in [4.69, 9.17) is 9.47 Å². The number of carbonyl (C=O) groups is 2. The second-order valence-electron chi connectivity index (χ2n) is 6.44. The number of nitrogens with zero attached hydrogens (tertiary/aromatic N) is 2. The van der Waals surface area contributed by atoms with Crippen molar-refractivity contribution in [2.75, 3.05) is 39.4 Å². The molecule has 0 spiro atoms. The van der Waals surface area contributed by atoms with Crippen molar-refractivity contribution >= 4 is 12.0 Å². The minimum absolute atomic E-state index is 0.0147. The summed E-state index contributed by atoms with van der Waals surface area (Å²) < 4.78 is 10.7. The number of amides is 2. The molecule has 0 aromatic heterocycles. The topological polar surface area (TPSA) is 59.1 Å². The van der Waals surface area contributed by atoms with E-state index in [1.54, 1.807) is 9.80 Å². The summed E-state index contributed by atoms with van der Waals surface area (Å²) in [5, 5.41) is 0. The van der Waals surface area contributed by atoms with E-state index in [0.29, 0.717) is 44.5 Å². The van der Waals surface area contributed by atoms with Gasteiger partial charge in [0.05, 0.1) is 6.61 Å². The van der Waals surface area contributed by atoms with Gasteiger partial charge in [-0.2, -0.15) is 0 Å². The third kappa shape index (κ3) is 5.44. The zero-order valence-electron chi connectivity index (χ0n) is 14.7. The molecule has 24 heavy (non-hydrogen) atoms. The van der Waals surface area contributed by atoms with Crippen LogP contribution in [0.3, 0.4) is 0 Å². The summed E-state index contributed by atoms with van der Waals surface area (Å²) in [6.45, 7) is 8.43. The number of rotatable bonds is 5. The van der Waals surface area contributed by atoms with E-state index in [2.05, 4.69) is 0 Å². The van der Waals surface area contributed by atoms with Crippen LogP contribution in [0.25, 0.3) is 0 Å². The van der Waals surface area contributed by atoms with Gasteiger partial charge in [-0.3, -0.25) is 4.79 Å². The minimum Gasteiger partial charge on any atom is -0.484 e. The molecular formula is C18H26N2O4. The molecule has 1 aliphatic heterocycles. The predicted molar refractivity (Wildman–Crippen MR) is 91.0 cm³/mol. The van der Waals surface area contributed by atoms with Gasteiger partial charge in [-0.1, -0.05) is 31.5 Å². The van der Waals surface area contributed by atoms with Gasteiger partial charge in [0.2, 0.25) is 0 Å². The normalized spacial score (nSPS) is 14.7. The molecule has 1 aromatic rings. The van der Waals surface area contributed by atoms with Gasteiger partial charge in [0, 0.05) is 26.2 Å². The Kier molecular flexibility index (Phi) is 6.46. The number of hydrogen-bond donors (Lipinski definition) is 0. The van der Waals surface area contributed by atoms with E-state index >= 15 is 0 Å². The molecule has 0 unspecified atom stereocenters. The molecule has 1 saturated heterocycles. The van der Waals surface area contributed by atoms with Crippen LogP contribution < -0.4 is 4.74 Å². The number of ether oxygens (including phenoxy) is 2. The fourth-order valence-electron chi connectivity index (χ4n) is 2.34. The Morgan fingerprint density at radius 3 is 2.21 bits per heavy atom. The van der Waals surface area contributed by atoms with Gasteiger partial charge in [0.1, 0.15) is 5.75 Å². The number of hydrogen-bond acceptors (Lipinski definition) is 4. The molecule has 2 amide bonds. The van der Waals surface area contributed by atoms with Crippen molar-refractivity contribution in [2.45, 2.75) is 20.8 Å². The third-order valence-electron chi connectivity index (χ3n) is 3.81. The molecule has 6 nitrogen and oxygen atoms in total. The van der Waals surface area contributed by atoms with E-state index in [0.717, 1.165) is 5.56 Å². The molecule has 1 fully saturated rings. The maximum Gasteiger partial charge on any atom is 0.409 e. The maximum absolute atomic E-state index is 12.2. The standard InChI is InChI=1S/C18H26N2O4/c1-14(2)12-24-18(22)20-10-8-19(9-11-20)17(21)13-23-16-6-4-15(3)5-7-16/h4-7,14H,8-13H2,1-3H3. The largest absolute Gasteiger partial charge is 0.484 e. The molecule has 2 rings (SSSR count). The van der Waals surface area contributed by atoms with Gasteiger partial charge in [-0.15, -0.1) is 0 Å². The van der Waals surface area contributed by atoms with Crippen LogP contribution >= 0.6 is 0 Å². The van der Waals surface area contributed by atoms with E-state index < -0.39 is 0 Å². The summed E-state index contributed by atoms with van der Waals surface area (Å²) in [5.41, 5.74) is 1.15. The van der Waals surface area contributed by atoms with Crippen LogP contribution in [0, 0.1) is 12.8 Å².